The van der Waals surface area contributed by atoms with E-state index < -0.39 is 5.97 Å². The number of allylic oxidation sites excluding steroid dienone is 7. The van der Waals surface area contributed by atoms with Gasteiger partial charge in [0.05, 0.1) is 6.04 Å². The average molecular weight is 344 g/mol. The van der Waals surface area contributed by atoms with Crippen LogP contribution in [0.2, 0.25) is 0 Å². The molecule has 0 spiro atoms. The molecule has 1 rings (SSSR count). The topological polar surface area (TPSA) is 78.4 Å². The minimum atomic E-state index is -0.947. The number of urea groups is 1. The van der Waals surface area contributed by atoms with E-state index in [1.54, 1.807) is 20.0 Å². The second kappa shape index (κ2) is 10.3. The first-order valence-electron chi connectivity index (χ1n) is 8.45. The first kappa shape index (κ1) is 20.5. The first-order valence-corrected chi connectivity index (χ1v) is 8.45. The Hall–Kier alpha value is -2.56. The number of carbonyl (C=O) groups is 2. The highest BCUT2D eigenvalue weighted by Crippen LogP contribution is 2.26. The fourth-order valence-electron chi connectivity index (χ4n) is 2.68. The Labute approximate surface area is 149 Å². The van der Waals surface area contributed by atoms with E-state index in [1.165, 1.54) is 11.6 Å². The first-order chi connectivity index (χ1) is 11.8. The molecular formula is C20H28N2O3. The van der Waals surface area contributed by atoms with Crippen LogP contribution in [-0.4, -0.2) is 30.2 Å². The molecule has 1 atom stereocenters. The average Bonchev–Trinajstić information content (AvgIpc) is 2.53. The molecule has 136 valence electrons. The zero-order valence-electron chi connectivity index (χ0n) is 15.4. The highest BCUT2D eigenvalue weighted by Gasteiger charge is 2.20. The summed E-state index contributed by atoms with van der Waals surface area (Å²) in [6.45, 7) is 5.84. The van der Waals surface area contributed by atoms with Crippen LogP contribution in [0.25, 0.3) is 0 Å². The molecule has 0 aromatic carbocycles. The van der Waals surface area contributed by atoms with E-state index in [0.717, 1.165) is 30.4 Å². The number of amides is 2. The summed E-state index contributed by atoms with van der Waals surface area (Å²) in [6.07, 6.45) is 13.8. The van der Waals surface area contributed by atoms with Crippen molar-refractivity contribution in [2.24, 2.45) is 0 Å². The number of nitrogens with one attached hydrogen (secondary N) is 2. The van der Waals surface area contributed by atoms with E-state index >= 15 is 0 Å². The number of carboxylic acid groups (broad SMARTS) is 1. The summed E-state index contributed by atoms with van der Waals surface area (Å²) < 4.78 is 0. The summed E-state index contributed by atoms with van der Waals surface area (Å²) in [4.78, 5) is 22.2. The van der Waals surface area contributed by atoms with E-state index in [4.69, 9.17) is 5.11 Å². The largest absolute Gasteiger partial charge is 0.478 e. The van der Waals surface area contributed by atoms with Gasteiger partial charge in [-0.25, -0.2) is 9.59 Å². The monoisotopic (exact) mass is 344 g/mol. The fourth-order valence-corrected chi connectivity index (χ4v) is 2.68. The smallest absolute Gasteiger partial charge is 0.328 e. The van der Waals surface area contributed by atoms with Gasteiger partial charge in [0, 0.05) is 13.1 Å². The summed E-state index contributed by atoms with van der Waals surface area (Å²) >= 11 is 0. The number of carbonyl (C=O) groups excluding carboxylic acids is 1. The lowest BCUT2D eigenvalue weighted by Crippen LogP contribution is -2.42. The summed E-state index contributed by atoms with van der Waals surface area (Å²) in [5.41, 5.74) is 4.19. The molecule has 0 unspecified atom stereocenters. The number of aliphatic carboxylic acids is 1. The zero-order chi connectivity index (χ0) is 18.8. The molecule has 1 aliphatic carbocycles. The van der Waals surface area contributed by atoms with Gasteiger partial charge in [0.2, 0.25) is 0 Å². The lowest BCUT2D eigenvalue weighted by molar-refractivity contribution is -0.131. The molecule has 0 aromatic heterocycles. The van der Waals surface area contributed by atoms with Gasteiger partial charge in [-0.15, -0.1) is 0 Å². The van der Waals surface area contributed by atoms with Crippen LogP contribution >= 0.6 is 0 Å². The Morgan fingerprint density at radius 1 is 1.20 bits per heavy atom. The molecule has 5 nitrogen and oxygen atoms in total. The highest BCUT2D eigenvalue weighted by atomic mass is 16.4. The van der Waals surface area contributed by atoms with Crippen molar-refractivity contribution in [3.05, 3.63) is 58.7 Å². The Bertz CT molecular complexity index is 652. The van der Waals surface area contributed by atoms with Crippen molar-refractivity contribution in [3.63, 3.8) is 0 Å². The van der Waals surface area contributed by atoms with Crippen LogP contribution in [0.4, 0.5) is 4.79 Å². The zero-order valence-corrected chi connectivity index (χ0v) is 15.4. The third-order valence-corrected chi connectivity index (χ3v) is 4.04. The minimum absolute atomic E-state index is 0.0361. The van der Waals surface area contributed by atoms with E-state index in [1.807, 2.05) is 25.2 Å². The van der Waals surface area contributed by atoms with Gasteiger partial charge < -0.3 is 15.7 Å². The summed E-state index contributed by atoms with van der Waals surface area (Å²) in [7, 11) is 1.62. The second-order valence-electron chi connectivity index (χ2n) is 6.23. The van der Waals surface area contributed by atoms with Crippen molar-refractivity contribution in [2.45, 2.75) is 46.1 Å². The SMILES string of the molecule is CNC(=O)N[C@H]1CCCC(C)=C1/C=C/C(C)=C/C=C/C(C)=C/C(=O)O. The van der Waals surface area contributed by atoms with Crippen LogP contribution < -0.4 is 10.6 Å². The van der Waals surface area contributed by atoms with Gasteiger partial charge in [0.1, 0.15) is 0 Å². The molecule has 5 heteroatoms. The molecule has 25 heavy (non-hydrogen) atoms. The summed E-state index contributed by atoms with van der Waals surface area (Å²) in [6, 6.07) is -0.129. The molecule has 0 aliphatic heterocycles. The number of hydrogen-bond acceptors (Lipinski definition) is 2. The van der Waals surface area contributed by atoms with Crippen LogP contribution in [0.1, 0.15) is 40.0 Å². The molecule has 0 radical (unpaired) electrons. The van der Waals surface area contributed by atoms with Crippen molar-refractivity contribution in [1.29, 1.82) is 0 Å². The van der Waals surface area contributed by atoms with Crippen LogP contribution in [0.3, 0.4) is 0 Å². The lowest BCUT2D eigenvalue weighted by atomic mass is 9.88. The van der Waals surface area contributed by atoms with Gasteiger partial charge in [-0.1, -0.05) is 41.5 Å². The maximum atomic E-state index is 11.6. The van der Waals surface area contributed by atoms with Crippen molar-refractivity contribution >= 4 is 12.0 Å². The van der Waals surface area contributed by atoms with Crippen molar-refractivity contribution in [2.75, 3.05) is 7.05 Å². The van der Waals surface area contributed by atoms with E-state index in [-0.39, 0.29) is 12.1 Å². The lowest BCUT2D eigenvalue weighted by Gasteiger charge is -2.26. The van der Waals surface area contributed by atoms with Gasteiger partial charge in [0.25, 0.3) is 0 Å². The number of carboxylic acids is 1. The molecular weight excluding hydrogens is 316 g/mol. The maximum absolute atomic E-state index is 11.6. The van der Waals surface area contributed by atoms with E-state index in [2.05, 4.69) is 23.6 Å². The summed E-state index contributed by atoms with van der Waals surface area (Å²) in [5, 5.41) is 14.3. The van der Waals surface area contributed by atoms with Gasteiger partial charge in [-0.3, -0.25) is 0 Å². The van der Waals surface area contributed by atoms with Crippen LogP contribution in [0.15, 0.2) is 58.7 Å². The van der Waals surface area contributed by atoms with Crippen molar-refractivity contribution < 1.29 is 14.7 Å². The Kier molecular flexibility index (Phi) is 8.47. The molecule has 0 fully saturated rings. The third kappa shape index (κ3) is 7.70. The summed E-state index contributed by atoms with van der Waals surface area (Å²) in [5.74, 6) is -0.947. The van der Waals surface area contributed by atoms with Gasteiger partial charge in [-0.2, -0.15) is 0 Å². The fraction of sp³-hybridized carbons (Fsp3) is 0.400. The molecule has 3 N–H and O–H groups in total. The Morgan fingerprint density at radius 2 is 1.92 bits per heavy atom. The van der Waals surface area contributed by atoms with Gasteiger partial charge in [-0.05, 0) is 51.2 Å². The van der Waals surface area contributed by atoms with Crippen LogP contribution in [0.5, 0.6) is 0 Å². The molecule has 0 saturated carbocycles. The minimum Gasteiger partial charge on any atom is -0.478 e. The quantitative estimate of drug-likeness (QED) is 0.505. The number of hydrogen-bond donors (Lipinski definition) is 3. The number of rotatable bonds is 6. The second-order valence-corrected chi connectivity index (χ2v) is 6.23. The normalized spacial score (nSPS) is 19.6. The molecule has 0 aromatic rings. The van der Waals surface area contributed by atoms with Gasteiger partial charge in [0.15, 0.2) is 0 Å². The van der Waals surface area contributed by atoms with Crippen LogP contribution in [-0.2, 0) is 4.79 Å². The Morgan fingerprint density at radius 3 is 2.56 bits per heavy atom. The Balaban J connectivity index is 2.82. The van der Waals surface area contributed by atoms with Crippen molar-refractivity contribution in [3.8, 4) is 0 Å². The highest BCUT2D eigenvalue weighted by molar-refractivity contribution is 5.81. The molecule has 0 bridgehead atoms. The van der Waals surface area contributed by atoms with E-state index in [0.29, 0.717) is 5.57 Å². The van der Waals surface area contributed by atoms with Crippen molar-refractivity contribution in [1.82, 2.24) is 10.6 Å². The van der Waals surface area contributed by atoms with Gasteiger partial charge >= 0.3 is 12.0 Å². The predicted octanol–water partition coefficient (Wildman–Crippen LogP) is 3.87. The molecule has 2 amide bonds. The predicted molar refractivity (Wildman–Crippen MR) is 101 cm³/mol. The standard InChI is InChI=1S/C20H28N2O3/c1-14(7-5-8-15(2)13-19(23)24)11-12-17-16(3)9-6-10-18(17)22-20(25)21-4/h5,7-8,11-13,18H,6,9-10H2,1-4H3,(H,23,24)(H2,21,22,25)/b8-5+,12-11+,14-7+,15-13+/t18-/m0/s1. The van der Waals surface area contributed by atoms with E-state index in [9.17, 15) is 9.59 Å². The molecule has 1 aliphatic rings. The van der Waals surface area contributed by atoms with Crippen LogP contribution in [0, 0.1) is 0 Å². The third-order valence-electron chi connectivity index (χ3n) is 4.04. The molecule has 0 saturated heterocycles. The maximum Gasteiger partial charge on any atom is 0.328 e. The molecule has 0 heterocycles.